The van der Waals surface area contributed by atoms with E-state index >= 15 is 0 Å². The molecule has 1 saturated heterocycles. The summed E-state index contributed by atoms with van der Waals surface area (Å²) in [6.07, 6.45) is 0.249. The van der Waals surface area contributed by atoms with E-state index in [0.717, 1.165) is 10.7 Å². The topological polar surface area (TPSA) is 62.3 Å². The molecule has 0 spiro atoms. The lowest BCUT2D eigenvalue weighted by Crippen LogP contribution is -2.36. The Labute approximate surface area is 104 Å². The van der Waals surface area contributed by atoms with Crippen molar-refractivity contribution in [3.63, 3.8) is 0 Å². The highest BCUT2D eigenvalue weighted by atomic mass is 32.1. The summed E-state index contributed by atoms with van der Waals surface area (Å²) >= 11 is 1.62. The number of hydrogen-bond donors (Lipinski definition) is 1. The Morgan fingerprint density at radius 1 is 1.47 bits per heavy atom. The number of nitrogens with zero attached hydrogens (tertiary/aromatic N) is 2. The average molecular weight is 253 g/mol. The minimum atomic E-state index is -0.392. The SMILES string of the molecule is Cc1nc(CNC2CC(=O)N(C)C2=O)sc1C. The van der Waals surface area contributed by atoms with Crippen molar-refractivity contribution < 1.29 is 9.59 Å². The monoisotopic (exact) mass is 253 g/mol. The van der Waals surface area contributed by atoms with Crippen molar-refractivity contribution in [2.75, 3.05) is 7.05 Å². The van der Waals surface area contributed by atoms with Crippen molar-refractivity contribution in [2.45, 2.75) is 32.9 Å². The van der Waals surface area contributed by atoms with Gasteiger partial charge in [-0.05, 0) is 13.8 Å². The molecule has 0 aliphatic carbocycles. The Balaban J connectivity index is 1.95. The van der Waals surface area contributed by atoms with E-state index in [9.17, 15) is 9.59 Å². The lowest BCUT2D eigenvalue weighted by atomic mass is 10.2. The summed E-state index contributed by atoms with van der Waals surface area (Å²) < 4.78 is 0. The maximum absolute atomic E-state index is 11.6. The lowest BCUT2D eigenvalue weighted by Gasteiger charge is -2.09. The van der Waals surface area contributed by atoms with E-state index in [2.05, 4.69) is 10.3 Å². The lowest BCUT2D eigenvalue weighted by molar-refractivity contribution is -0.137. The fourth-order valence-electron chi connectivity index (χ4n) is 1.74. The van der Waals surface area contributed by atoms with Crippen LogP contribution < -0.4 is 5.32 Å². The fraction of sp³-hybridized carbons (Fsp3) is 0.545. The van der Waals surface area contributed by atoms with Crippen LogP contribution in [0.4, 0.5) is 0 Å². The van der Waals surface area contributed by atoms with Crippen LogP contribution in [-0.2, 0) is 16.1 Å². The maximum Gasteiger partial charge on any atom is 0.246 e. The van der Waals surface area contributed by atoms with Crippen molar-refractivity contribution in [1.29, 1.82) is 0 Å². The van der Waals surface area contributed by atoms with Crippen LogP contribution in [0.5, 0.6) is 0 Å². The van der Waals surface area contributed by atoms with Crippen molar-refractivity contribution in [2.24, 2.45) is 0 Å². The number of nitrogens with one attached hydrogen (secondary N) is 1. The maximum atomic E-state index is 11.6. The van der Waals surface area contributed by atoms with Crippen LogP contribution in [0.1, 0.15) is 22.0 Å². The van der Waals surface area contributed by atoms with Gasteiger partial charge in [0.25, 0.3) is 0 Å². The number of aromatic nitrogens is 1. The normalized spacial score (nSPS) is 20.4. The smallest absolute Gasteiger partial charge is 0.246 e. The number of likely N-dealkylation sites (tertiary alicyclic amines) is 1. The molecule has 6 heteroatoms. The number of carbonyl (C=O) groups is 2. The number of amides is 2. The zero-order valence-electron chi connectivity index (χ0n) is 10.1. The molecule has 2 rings (SSSR count). The standard InChI is InChI=1S/C11H15N3O2S/c1-6-7(2)17-9(13-6)5-12-8-4-10(15)14(3)11(8)16/h8,12H,4-5H2,1-3H3. The number of hydrogen-bond acceptors (Lipinski definition) is 5. The zero-order chi connectivity index (χ0) is 12.6. The first-order valence-corrected chi connectivity index (χ1v) is 6.27. The van der Waals surface area contributed by atoms with Gasteiger partial charge in [0.2, 0.25) is 11.8 Å². The number of carbonyl (C=O) groups excluding carboxylic acids is 2. The van der Waals surface area contributed by atoms with Crippen LogP contribution in [0, 0.1) is 13.8 Å². The molecular formula is C11H15N3O2S. The van der Waals surface area contributed by atoms with E-state index in [1.54, 1.807) is 11.3 Å². The van der Waals surface area contributed by atoms with E-state index in [0.29, 0.717) is 6.54 Å². The molecule has 5 nitrogen and oxygen atoms in total. The molecule has 17 heavy (non-hydrogen) atoms. The highest BCUT2D eigenvalue weighted by molar-refractivity contribution is 7.11. The van der Waals surface area contributed by atoms with Crippen LogP contribution in [-0.4, -0.2) is 34.8 Å². The third kappa shape index (κ3) is 2.37. The number of imide groups is 1. The minimum absolute atomic E-state index is 0.126. The molecule has 1 aliphatic heterocycles. The van der Waals surface area contributed by atoms with Crippen molar-refractivity contribution in [3.8, 4) is 0 Å². The van der Waals surface area contributed by atoms with Crippen LogP contribution >= 0.6 is 11.3 Å². The van der Waals surface area contributed by atoms with Gasteiger partial charge in [-0.1, -0.05) is 0 Å². The molecular weight excluding hydrogens is 238 g/mol. The minimum Gasteiger partial charge on any atom is -0.299 e. The van der Waals surface area contributed by atoms with Gasteiger partial charge in [-0.25, -0.2) is 4.98 Å². The first-order valence-electron chi connectivity index (χ1n) is 5.45. The van der Waals surface area contributed by atoms with Crippen LogP contribution in [0.15, 0.2) is 0 Å². The highest BCUT2D eigenvalue weighted by Gasteiger charge is 2.35. The van der Waals surface area contributed by atoms with Gasteiger partial charge < -0.3 is 0 Å². The van der Waals surface area contributed by atoms with Crippen LogP contribution in [0.3, 0.4) is 0 Å². The quantitative estimate of drug-likeness (QED) is 0.802. The zero-order valence-corrected chi connectivity index (χ0v) is 10.9. The summed E-state index contributed by atoms with van der Waals surface area (Å²) in [7, 11) is 1.52. The Morgan fingerprint density at radius 3 is 2.65 bits per heavy atom. The molecule has 0 saturated carbocycles. The van der Waals surface area contributed by atoms with E-state index in [1.807, 2.05) is 13.8 Å². The molecule has 0 radical (unpaired) electrons. The molecule has 1 fully saturated rings. The van der Waals surface area contributed by atoms with Crippen molar-refractivity contribution >= 4 is 23.2 Å². The van der Waals surface area contributed by atoms with E-state index in [1.165, 1.54) is 16.8 Å². The second kappa shape index (κ2) is 4.54. The summed E-state index contributed by atoms with van der Waals surface area (Å²) in [4.78, 5) is 29.7. The molecule has 1 unspecified atom stereocenters. The fourth-order valence-corrected chi connectivity index (χ4v) is 2.63. The van der Waals surface area contributed by atoms with Gasteiger partial charge in [-0.2, -0.15) is 0 Å². The van der Waals surface area contributed by atoms with Gasteiger partial charge in [0.15, 0.2) is 0 Å². The van der Waals surface area contributed by atoms with Gasteiger partial charge in [-0.15, -0.1) is 11.3 Å². The molecule has 1 aromatic heterocycles. The second-order valence-corrected chi connectivity index (χ2v) is 5.47. The van der Waals surface area contributed by atoms with Gasteiger partial charge in [0.05, 0.1) is 18.2 Å². The summed E-state index contributed by atoms with van der Waals surface area (Å²) in [5.74, 6) is -0.279. The third-order valence-corrected chi connectivity index (χ3v) is 4.03. The van der Waals surface area contributed by atoms with Crippen LogP contribution in [0.25, 0.3) is 0 Å². The molecule has 1 atom stereocenters. The Hall–Kier alpha value is -1.27. The number of likely N-dealkylation sites (N-methyl/N-ethyl adjacent to an activating group) is 1. The number of rotatable bonds is 3. The predicted octanol–water partition coefficient (Wildman–Crippen LogP) is 0.607. The summed E-state index contributed by atoms with van der Waals surface area (Å²) in [5, 5.41) is 4.04. The van der Waals surface area contributed by atoms with Gasteiger partial charge in [0.1, 0.15) is 5.01 Å². The summed E-state index contributed by atoms with van der Waals surface area (Å²) in [6, 6.07) is -0.392. The molecule has 92 valence electrons. The predicted molar refractivity (Wildman–Crippen MR) is 64.6 cm³/mol. The van der Waals surface area contributed by atoms with Gasteiger partial charge >= 0.3 is 0 Å². The second-order valence-electron chi connectivity index (χ2n) is 4.18. The molecule has 0 aromatic carbocycles. The molecule has 1 N–H and O–H groups in total. The molecule has 2 amide bonds. The largest absolute Gasteiger partial charge is 0.299 e. The highest BCUT2D eigenvalue weighted by Crippen LogP contribution is 2.17. The average Bonchev–Trinajstić information content (AvgIpc) is 2.72. The van der Waals surface area contributed by atoms with Crippen molar-refractivity contribution in [1.82, 2.24) is 15.2 Å². The Bertz CT molecular complexity index is 450. The Kier molecular flexibility index (Phi) is 3.26. The van der Waals surface area contributed by atoms with E-state index in [-0.39, 0.29) is 18.2 Å². The first-order chi connectivity index (χ1) is 7.99. The molecule has 2 heterocycles. The van der Waals surface area contributed by atoms with Crippen LogP contribution in [0.2, 0.25) is 0 Å². The molecule has 0 bridgehead atoms. The van der Waals surface area contributed by atoms with E-state index in [4.69, 9.17) is 0 Å². The number of aryl methyl sites for hydroxylation is 2. The molecule has 1 aromatic rings. The number of thiazole rings is 1. The third-order valence-electron chi connectivity index (χ3n) is 2.95. The first kappa shape index (κ1) is 12.2. The Morgan fingerprint density at radius 2 is 2.18 bits per heavy atom. The molecule has 1 aliphatic rings. The summed E-state index contributed by atoms with van der Waals surface area (Å²) in [5.41, 5.74) is 1.03. The van der Waals surface area contributed by atoms with Crippen molar-refractivity contribution in [3.05, 3.63) is 15.6 Å². The van der Waals surface area contributed by atoms with Gasteiger partial charge in [0, 0.05) is 18.5 Å². The van der Waals surface area contributed by atoms with E-state index < -0.39 is 6.04 Å². The summed E-state index contributed by atoms with van der Waals surface area (Å²) in [6.45, 7) is 4.53. The van der Waals surface area contributed by atoms with Gasteiger partial charge in [-0.3, -0.25) is 19.8 Å².